The van der Waals surface area contributed by atoms with Crippen molar-refractivity contribution >= 4 is 51.3 Å². The van der Waals surface area contributed by atoms with E-state index in [0.29, 0.717) is 19.9 Å². The average Bonchev–Trinajstić information content (AvgIpc) is 2.63. The van der Waals surface area contributed by atoms with Crippen molar-refractivity contribution < 1.29 is 9.18 Å². The fourth-order valence-electron chi connectivity index (χ4n) is 1.42. The molecule has 0 aliphatic carbocycles. The van der Waals surface area contributed by atoms with Crippen molar-refractivity contribution in [1.29, 1.82) is 0 Å². The van der Waals surface area contributed by atoms with Crippen molar-refractivity contribution in [3.63, 3.8) is 0 Å². The van der Waals surface area contributed by atoms with Crippen LogP contribution < -0.4 is 0 Å². The third kappa shape index (κ3) is 3.26. The highest BCUT2D eigenvalue weighted by atomic mass is 127. The zero-order chi connectivity index (χ0) is 12.4. The topological polar surface area (TPSA) is 17.1 Å². The summed E-state index contributed by atoms with van der Waals surface area (Å²) in [6.45, 7) is 0. The molecule has 88 valence electrons. The average molecular weight is 381 g/mol. The Kier molecular flexibility index (Phi) is 4.17. The SMILES string of the molecule is O=C(Cc1ccc(Cl)s1)c1ccc(F)cc1I. The quantitative estimate of drug-likeness (QED) is 0.563. The molecule has 17 heavy (non-hydrogen) atoms. The summed E-state index contributed by atoms with van der Waals surface area (Å²) in [4.78, 5) is 12.9. The molecule has 2 aromatic rings. The van der Waals surface area contributed by atoms with Gasteiger partial charge >= 0.3 is 0 Å². The zero-order valence-corrected chi connectivity index (χ0v) is 12.3. The van der Waals surface area contributed by atoms with Crippen LogP contribution in [0.25, 0.3) is 0 Å². The van der Waals surface area contributed by atoms with Crippen molar-refractivity contribution in [1.82, 2.24) is 0 Å². The summed E-state index contributed by atoms with van der Waals surface area (Å²) in [5.74, 6) is -0.349. The normalized spacial score (nSPS) is 10.5. The van der Waals surface area contributed by atoms with Crippen LogP contribution in [-0.2, 0) is 6.42 Å². The minimum atomic E-state index is -0.329. The summed E-state index contributed by atoms with van der Waals surface area (Å²) >= 11 is 9.15. The fraction of sp³-hybridized carbons (Fsp3) is 0.0833. The number of Topliss-reactive ketones (excluding diaryl/α,β-unsaturated/α-hetero) is 1. The van der Waals surface area contributed by atoms with Gasteiger partial charge in [-0.05, 0) is 52.9 Å². The number of halogens is 3. The summed E-state index contributed by atoms with van der Waals surface area (Å²) in [6, 6.07) is 7.78. The fourth-order valence-corrected chi connectivity index (χ4v) is 3.28. The van der Waals surface area contributed by atoms with Crippen LogP contribution >= 0.6 is 45.5 Å². The van der Waals surface area contributed by atoms with E-state index >= 15 is 0 Å². The van der Waals surface area contributed by atoms with E-state index in [-0.39, 0.29) is 11.6 Å². The van der Waals surface area contributed by atoms with E-state index in [0.717, 1.165) is 4.88 Å². The van der Waals surface area contributed by atoms with Crippen LogP contribution in [0, 0.1) is 9.39 Å². The molecular weight excluding hydrogens is 374 g/mol. The van der Waals surface area contributed by atoms with E-state index in [1.807, 2.05) is 28.7 Å². The maximum absolute atomic E-state index is 12.9. The van der Waals surface area contributed by atoms with Gasteiger partial charge in [0.2, 0.25) is 0 Å². The van der Waals surface area contributed by atoms with E-state index in [4.69, 9.17) is 11.6 Å². The maximum atomic E-state index is 12.9. The number of ketones is 1. The van der Waals surface area contributed by atoms with E-state index < -0.39 is 0 Å². The van der Waals surface area contributed by atoms with Crippen LogP contribution in [0.2, 0.25) is 4.34 Å². The number of rotatable bonds is 3. The molecule has 0 fully saturated rings. The molecule has 0 N–H and O–H groups in total. The second kappa shape index (κ2) is 5.46. The van der Waals surface area contributed by atoms with Gasteiger partial charge in [0.05, 0.1) is 4.34 Å². The molecule has 1 nitrogen and oxygen atoms in total. The van der Waals surface area contributed by atoms with Crippen LogP contribution in [0.1, 0.15) is 15.2 Å². The first-order valence-electron chi connectivity index (χ1n) is 4.79. The maximum Gasteiger partial charge on any atom is 0.169 e. The molecule has 0 amide bonds. The summed E-state index contributed by atoms with van der Waals surface area (Å²) in [5.41, 5.74) is 0.552. The van der Waals surface area contributed by atoms with Crippen LogP contribution in [0.4, 0.5) is 4.39 Å². The van der Waals surface area contributed by atoms with Gasteiger partial charge in [-0.15, -0.1) is 11.3 Å². The number of carbonyl (C=O) groups excluding carboxylic acids is 1. The molecular formula is C12H7ClFIOS. The van der Waals surface area contributed by atoms with Crippen molar-refractivity contribution in [3.05, 3.63) is 54.5 Å². The van der Waals surface area contributed by atoms with Gasteiger partial charge in [0.25, 0.3) is 0 Å². The highest BCUT2D eigenvalue weighted by molar-refractivity contribution is 14.1. The zero-order valence-electron chi connectivity index (χ0n) is 8.54. The van der Waals surface area contributed by atoms with Gasteiger partial charge in [-0.3, -0.25) is 4.79 Å². The van der Waals surface area contributed by atoms with E-state index in [9.17, 15) is 9.18 Å². The predicted molar refractivity (Wildman–Crippen MR) is 76.5 cm³/mol. The van der Waals surface area contributed by atoms with Gasteiger partial charge in [-0.2, -0.15) is 0 Å². The molecule has 0 aliphatic heterocycles. The first-order chi connectivity index (χ1) is 8.06. The molecule has 0 aliphatic rings. The Balaban J connectivity index is 2.20. The highest BCUT2D eigenvalue weighted by Crippen LogP contribution is 2.24. The van der Waals surface area contributed by atoms with Crippen LogP contribution in [0.5, 0.6) is 0 Å². The van der Waals surface area contributed by atoms with Crippen molar-refractivity contribution in [3.8, 4) is 0 Å². The third-order valence-electron chi connectivity index (χ3n) is 2.20. The van der Waals surface area contributed by atoms with Gasteiger partial charge in [0.1, 0.15) is 5.82 Å². The number of carbonyl (C=O) groups is 1. The smallest absolute Gasteiger partial charge is 0.169 e. The summed E-state index contributed by atoms with van der Waals surface area (Å²) in [5, 5.41) is 0. The molecule has 1 aromatic carbocycles. The molecule has 1 heterocycles. The summed E-state index contributed by atoms with van der Waals surface area (Å²) < 4.78 is 14.2. The third-order valence-corrected chi connectivity index (χ3v) is 4.32. The van der Waals surface area contributed by atoms with E-state index in [2.05, 4.69) is 0 Å². The Labute approximate surface area is 121 Å². The van der Waals surface area contributed by atoms with Crippen LogP contribution in [0.15, 0.2) is 30.3 Å². The summed E-state index contributed by atoms with van der Waals surface area (Å²) in [7, 11) is 0. The number of hydrogen-bond acceptors (Lipinski definition) is 2. The Bertz CT molecular complexity index is 567. The molecule has 0 saturated carbocycles. The minimum absolute atomic E-state index is 0.0204. The summed E-state index contributed by atoms with van der Waals surface area (Å²) in [6.07, 6.45) is 0.305. The first kappa shape index (κ1) is 13.0. The van der Waals surface area contributed by atoms with Crippen molar-refractivity contribution in [2.45, 2.75) is 6.42 Å². The lowest BCUT2D eigenvalue weighted by molar-refractivity contribution is 0.0993. The van der Waals surface area contributed by atoms with Crippen molar-refractivity contribution in [2.75, 3.05) is 0 Å². The van der Waals surface area contributed by atoms with Gasteiger partial charge in [0, 0.05) is 20.4 Å². The Morgan fingerprint density at radius 3 is 2.71 bits per heavy atom. The lowest BCUT2D eigenvalue weighted by atomic mass is 10.1. The van der Waals surface area contributed by atoms with Gasteiger partial charge < -0.3 is 0 Å². The lowest BCUT2D eigenvalue weighted by Crippen LogP contribution is -2.04. The largest absolute Gasteiger partial charge is 0.294 e. The van der Waals surface area contributed by atoms with Crippen LogP contribution in [-0.4, -0.2) is 5.78 Å². The first-order valence-corrected chi connectivity index (χ1v) is 7.06. The Morgan fingerprint density at radius 1 is 1.35 bits per heavy atom. The minimum Gasteiger partial charge on any atom is -0.294 e. The molecule has 0 radical (unpaired) electrons. The Morgan fingerprint density at radius 2 is 2.12 bits per heavy atom. The number of benzene rings is 1. The molecule has 2 rings (SSSR count). The highest BCUT2D eigenvalue weighted by Gasteiger charge is 2.12. The molecule has 0 atom stereocenters. The lowest BCUT2D eigenvalue weighted by Gasteiger charge is -2.02. The van der Waals surface area contributed by atoms with Crippen LogP contribution in [0.3, 0.4) is 0 Å². The second-order valence-electron chi connectivity index (χ2n) is 3.43. The predicted octanol–water partition coefficient (Wildman–Crippen LogP) is 4.57. The number of thiophene rings is 1. The van der Waals surface area contributed by atoms with Gasteiger partial charge in [-0.1, -0.05) is 11.6 Å². The van der Waals surface area contributed by atoms with E-state index in [1.54, 1.807) is 6.07 Å². The molecule has 1 aromatic heterocycles. The molecule has 0 bridgehead atoms. The monoisotopic (exact) mass is 380 g/mol. The van der Waals surface area contributed by atoms with Crippen molar-refractivity contribution in [2.24, 2.45) is 0 Å². The number of hydrogen-bond donors (Lipinski definition) is 0. The van der Waals surface area contributed by atoms with Gasteiger partial charge in [0.15, 0.2) is 5.78 Å². The second-order valence-corrected chi connectivity index (χ2v) is 6.39. The molecule has 0 unspecified atom stereocenters. The molecule has 5 heteroatoms. The molecule has 0 spiro atoms. The molecule has 0 saturated heterocycles. The Hall–Kier alpha value is -0.460. The van der Waals surface area contributed by atoms with Gasteiger partial charge in [-0.25, -0.2) is 4.39 Å². The van der Waals surface area contributed by atoms with E-state index in [1.165, 1.54) is 29.5 Å². The standard InChI is InChI=1S/C12H7ClFIOS/c13-12-4-2-8(17-12)6-11(16)9-3-1-7(14)5-10(9)15/h1-5H,6H2.